The van der Waals surface area contributed by atoms with Gasteiger partial charge >= 0.3 is 5.97 Å². The lowest BCUT2D eigenvalue weighted by Crippen LogP contribution is -2.51. The Bertz CT molecular complexity index is 527. The van der Waals surface area contributed by atoms with Crippen molar-refractivity contribution < 1.29 is 14.8 Å². The first-order valence-electron chi connectivity index (χ1n) is 6.90. The maximum Gasteiger partial charge on any atom is 0.320 e. The van der Waals surface area contributed by atoms with Gasteiger partial charge in [-0.25, -0.2) is 0 Å². The largest absolute Gasteiger partial charge is 0.480 e. The predicted octanol–water partition coefficient (Wildman–Crippen LogP) is 1.19. The molecule has 2 rings (SSSR count). The quantitative estimate of drug-likeness (QED) is 0.648. The van der Waals surface area contributed by atoms with E-state index in [1.54, 1.807) is 19.1 Å². The lowest BCUT2D eigenvalue weighted by molar-refractivity contribution is -0.384. The van der Waals surface area contributed by atoms with Gasteiger partial charge < -0.3 is 5.11 Å². The first-order valence-corrected chi connectivity index (χ1v) is 6.90. The number of hydrogen-bond acceptors (Lipinski definition) is 5. The highest BCUT2D eigenvalue weighted by Crippen LogP contribution is 2.16. The van der Waals surface area contributed by atoms with Crippen LogP contribution in [0, 0.1) is 10.1 Å². The zero-order valence-electron chi connectivity index (χ0n) is 11.9. The topological polar surface area (TPSA) is 86.9 Å². The molecule has 0 radical (unpaired) electrons. The van der Waals surface area contributed by atoms with E-state index in [9.17, 15) is 14.9 Å². The van der Waals surface area contributed by atoms with Crippen molar-refractivity contribution in [2.24, 2.45) is 0 Å². The van der Waals surface area contributed by atoms with Crippen molar-refractivity contribution in [1.82, 2.24) is 9.80 Å². The minimum atomic E-state index is -0.804. The third kappa shape index (κ3) is 3.99. The van der Waals surface area contributed by atoms with Gasteiger partial charge in [-0.05, 0) is 12.5 Å². The minimum absolute atomic E-state index is 0.102. The molecule has 21 heavy (non-hydrogen) atoms. The lowest BCUT2D eigenvalue weighted by atomic mass is 10.1. The molecule has 0 amide bonds. The summed E-state index contributed by atoms with van der Waals surface area (Å²) in [6, 6.07) is 6.17. The number of benzene rings is 1. The van der Waals surface area contributed by atoms with E-state index >= 15 is 0 Å². The Morgan fingerprint density at radius 3 is 2.62 bits per heavy atom. The van der Waals surface area contributed by atoms with Crippen LogP contribution in [-0.2, 0) is 11.3 Å². The van der Waals surface area contributed by atoms with Crippen LogP contribution in [0.1, 0.15) is 12.5 Å². The number of nitrogens with zero attached hydrogens (tertiary/aromatic N) is 3. The van der Waals surface area contributed by atoms with Gasteiger partial charge in [0.05, 0.1) is 4.92 Å². The summed E-state index contributed by atoms with van der Waals surface area (Å²) in [5.41, 5.74) is 1.01. The fraction of sp³-hybridized carbons (Fsp3) is 0.500. The summed E-state index contributed by atoms with van der Waals surface area (Å²) in [6.07, 6.45) is 0. The van der Waals surface area contributed by atoms with Crippen LogP contribution in [0.3, 0.4) is 0 Å². The van der Waals surface area contributed by atoms with Crippen molar-refractivity contribution in [2.45, 2.75) is 19.5 Å². The zero-order chi connectivity index (χ0) is 15.4. The molecule has 1 aromatic carbocycles. The maximum atomic E-state index is 11.0. The average molecular weight is 293 g/mol. The molecule has 0 spiro atoms. The molecule has 7 nitrogen and oxygen atoms in total. The normalized spacial score (nSPS) is 18.3. The summed E-state index contributed by atoms with van der Waals surface area (Å²) in [4.78, 5) is 25.4. The summed E-state index contributed by atoms with van der Waals surface area (Å²) >= 11 is 0. The first kappa shape index (κ1) is 15.4. The van der Waals surface area contributed by atoms with Crippen LogP contribution in [0.15, 0.2) is 24.3 Å². The van der Waals surface area contributed by atoms with Crippen molar-refractivity contribution in [1.29, 1.82) is 0 Å². The van der Waals surface area contributed by atoms with Crippen LogP contribution in [-0.4, -0.2) is 58.0 Å². The van der Waals surface area contributed by atoms with Gasteiger partial charge in [-0.2, -0.15) is 0 Å². The molecular formula is C14H19N3O4. The Labute approximate surface area is 122 Å². The van der Waals surface area contributed by atoms with Gasteiger partial charge in [0.25, 0.3) is 5.69 Å². The van der Waals surface area contributed by atoms with Gasteiger partial charge in [0.2, 0.25) is 0 Å². The van der Waals surface area contributed by atoms with Crippen molar-refractivity contribution in [2.75, 3.05) is 26.2 Å². The number of carboxylic acids is 1. The molecule has 1 aliphatic rings. The molecular weight excluding hydrogens is 274 g/mol. The van der Waals surface area contributed by atoms with Crippen LogP contribution in [0.25, 0.3) is 0 Å². The van der Waals surface area contributed by atoms with Gasteiger partial charge in [-0.3, -0.25) is 24.7 Å². The van der Waals surface area contributed by atoms with Crippen LogP contribution < -0.4 is 0 Å². The van der Waals surface area contributed by atoms with Crippen molar-refractivity contribution in [3.8, 4) is 0 Å². The molecule has 1 unspecified atom stereocenters. The van der Waals surface area contributed by atoms with Crippen molar-refractivity contribution >= 4 is 11.7 Å². The van der Waals surface area contributed by atoms with Crippen LogP contribution in [0.2, 0.25) is 0 Å². The molecule has 0 saturated carbocycles. The number of nitro groups is 1. The minimum Gasteiger partial charge on any atom is -0.480 e. The number of rotatable bonds is 5. The van der Waals surface area contributed by atoms with Gasteiger partial charge in [-0.15, -0.1) is 0 Å². The Hall–Kier alpha value is -1.99. The van der Waals surface area contributed by atoms with E-state index in [2.05, 4.69) is 4.90 Å². The molecule has 0 aliphatic carbocycles. The first-order chi connectivity index (χ1) is 9.97. The number of hydrogen-bond donors (Lipinski definition) is 1. The van der Waals surface area contributed by atoms with E-state index in [0.717, 1.165) is 18.7 Å². The summed E-state index contributed by atoms with van der Waals surface area (Å²) in [5.74, 6) is -0.804. The number of nitro benzene ring substituents is 1. The Balaban J connectivity index is 1.90. The average Bonchev–Trinajstić information content (AvgIpc) is 2.47. The zero-order valence-corrected chi connectivity index (χ0v) is 11.9. The Morgan fingerprint density at radius 1 is 1.38 bits per heavy atom. The monoisotopic (exact) mass is 293 g/mol. The lowest BCUT2D eigenvalue weighted by Gasteiger charge is -2.36. The van der Waals surface area contributed by atoms with Crippen LogP contribution in [0.4, 0.5) is 5.69 Å². The molecule has 0 bridgehead atoms. The molecule has 1 fully saturated rings. The van der Waals surface area contributed by atoms with E-state index in [1.807, 2.05) is 11.0 Å². The molecule has 1 heterocycles. The second-order valence-electron chi connectivity index (χ2n) is 5.25. The molecule has 114 valence electrons. The number of carbonyl (C=O) groups is 1. The molecule has 1 N–H and O–H groups in total. The summed E-state index contributed by atoms with van der Waals surface area (Å²) in [7, 11) is 0. The number of non-ortho nitro benzene ring substituents is 1. The SMILES string of the molecule is CC(C(=O)O)N1CCN(Cc2cccc([N+](=O)[O-])c2)CC1. The van der Waals surface area contributed by atoms with Gasteiger partial charge in [-0.1, -0.05) is 12.1 Å². The smallest absolute Gasteiger partial charge is 0.320 e. The summed E-state index contributed by atoms with van der Waals surface area (Å²) < 4.78 is 0. The van der Waals surface area contributed by atoms with Gasteiger partial charge in [0.1, 0.15) is 6.04 Å². The molecule has 1 saturated heterocycles. The standard InChI is InChI=1S/C14H19N3O4/c1-11(14(18)19)16-7-5-15(6-8-16)10-12-3-2-4-13(9-12)17(20)21/h2-4,9,11H,5-8,10H2,1H3,(H,18,19). The number of piperazine rings is 1. The van der Waals surface area contributed by atoms with Crippen LogP contribution in [0.5, 0.6) is 0 Å². The highest BCUT2D eigenvalue weighted by molar-refractivity contribution is 5.72. The highest BCUT2D eigenvalue weighted by Gasteiger charge is 2.25. The Morgan fingerprint density at radius 2 is 2.05 bits per heavy atom. The third-order valence-electron chi connectivity index (χ3n) is 3.84. The number of carboxylic acid groups (broad SMARTS) is 1. The maximum absolute atomic E-state index is 11.0. The van der Waals surface area contributed by atoms with E-state index in [0.29, 0.717) is 19.6 Å². The molecule has 1 aromatic rings. The van der Waals surface area contributed by atoms with E-state index < -0.39 is 16.9 Å². The molecule has 1 aliphatic heterocycles. The number of aliphatic carboxylic acids is 1. The van der Waals surface area contributed by atoms with E-state index in [1.165, 1.54) is 6.07 Å². The summed E-state index contributed by atoms with van der Waals surface area (Å²) in [6.45, 7) is 5.26. The van der Waals surface area contributed by atoms with Crippen LogP contribution >= 0.6 is 0 Å². The second kappa shape index (κ2) is 6.64. The van der Waals surface area contributed by atoms with Gasteiger partial charge in [0, 0.05) is 44.9 Å². The molecule has 1 atom stereocenters. The Kier molecular flexibility index (Phi) is 4.87. The predicted molar refractivity (Wildman–Crippen MR) is 77.0 cm³/mol. The van der Waals surface area contributed by atoms with Crippen molar-refractivity contribution in [3.63, 3.8) is 0 Å². The fourth-order valence-corrected chi connectivity index (χ4v) is 2.49. The summed E-state index contributed by atoms with van der Waals surface area (Å²) in [5, 5.41) is 19.8. The molecule has 7 heteroatoms. The van der Waals surface area contributed by atoms with Crippen molar-refractivity contribution in [3.05, 3.63) is 39.9 Å². The molecule has 0 aromatic heterocycles. The van der Waals surface area contributed by atoms with E-state index in [-0.39, 0.29) is 5.69 Å². The van der Waals surface area contributed by atoms with E-state index in [4.69, 9.17) is 5.11 Å². The fourth-order valence-electron chi connectivity index (χ4n) is 2.49. The second-order valence-corrected chi connectivity index (χ2v) is 5.25. The third-order valence-corrected chi connectivity index (χ3v) is 3.84. The highest BCUT2D eigenvalue weighted by atomic mass is 16.6. The van der Waals surface area contributed by atoms with Gasteiger partial charge in [0.15, 0.2) is 0 Å².